The number of hydrogen-bond donors (Lipinski definition) is 0. The Labute approximate surface area is 148 Å². The molecule has 1 unspecified atom stereocenters. The van der Waals surface area contributed by atoms with E-state index in [9.17, 15) is 4.79 Å². The number of esters is 1. The van der Waals surface area contributed by atoms with Gasteiger partial charge in [-0.15, -0.1) is 0 Å². The number of unbranched alkanes of at least 4 members (excludes halogenated alkanes) is 1. The number of carbonyl (C=O) groups excluding carboxylic acids is 1. The van der Waals surface area contributed by atoms with Crippen molar-refractivity contribution in [2.75, 3.05) is 11.9 Å². The first-order valence-corrected chi connectivity index (χ1v) is 9.31. The predicted octanol–water partition coefficient (Wildman–Crippen LogP) is 5.21. The third-order valence-electron chi connectivity index (χ3n) is 3.63. The van der Waals surface area contributed by atoms with Crippen LogP contribution in [0, 0.1) is 17.8 Å². The highest BCUT2D eigenvalue weighted by Gasteiger charge is 2.08. The van der Waals surface area contributed by atoms with E-state index in [1.165, 1.54) is 18.9 Å². The van der Waals surface area contributed by atoms with Gasteiger partial charge in [-0.05, 0) is 36.1 Å². The molecule has 0 radical (unpaired) electrons. The van der Waals surface area contributed by atoms with E-state index in [2.05, 4.69) is 41.6 Å². The van der Waals surface area contributed by atoms with Crippen LogP contribution in [0.5, 0.6) is 0 Å². The van der Waals surface area contributed by atoms with Crippen molar-refractivity contribution in [3.8, 4) is 11.8 Å². The molecule has 1 aromatic rings. The van der Waals surface area contributed by atoms with Crippen molar-refractivity contribution >= 4 is 28.0 Å². The number of halogens is 1. The molecule has 0 aliphatic carbocycles. The molecular formula is C20H25BrO2. The Bertz CT molecular complexity index is 549. The lowest BCUT2D eigenvalue weighted by molar-refractivity contribution is -0.139. The van der Waals surface area contributed by atoms with Gasteiger partial charge in [-0.3, -0.25) is 0 Å². The summed E-state index contributed by atoms with van der Waals surface area (Å²) in [6.45, 7) is 4.84. The van der Waals surface area contributed by atoms with Crippen molar-refractivity contribution in [1.29, 1.82) is 0 Å². The van der Waals surface area contributed by atoms with Crippen LogP contribution in [0.25, 0.3) is 6.08 Å². The average molecular weight is 377 g/mol. The average Bonchev–Trinajstić information content (AvgIpc) is 2.59. The SMILES string of the molecule is CCCCC(CC)COC(=O)/C=C/c1ccc(C#CCBr)cc1. The number of ether oxygens (including phenoxy) is 1. The van der Waals surface area contributed by atoms with Crippen molar-refractivity contribution in [3.05, 3.63) is 41.5 Å². The molecule has 2 nitrogen and oxygen atoms in total. The van der Waals surface area contributed by atoms with E-state index < -0.39 is 0 Å². The van der Waals surface area contributed by atoms with Gasteiger partial charge in [0.25, 0.3) is 0 Å². The van der Waals surface area contributed by atoms with Crippen molar-refractivity contribution in [1.82, 2.24) is 0 Å². The summed E-state index contributed by atoms with van der Waals surface area (Å²) in [5.41, 5.74) is 1.93. The zero-order valence-corrected chi connectivity index (χ0v) is 15.6. The maximum atomic E-state index is 11.8. The van der Waals surface area contributed by atoms with Gasteiger partial charge in [0.15, 0.2) is 0 Å². The van der Waals surface area contributed by atoms with Crippen LogP contribution in [0.15, 0.2) is 30.3 Å². The molecular weight excluding hydrogens is 352 g/mol. The summed E-state index contributed by atoms with van der Waals surface area (Å²) >= 11 is 3.27. The van der Waals surface area contributed by atoms with E-state index in [0.717, 1.165) is 24.0 Å². The van der Waals surface area contributed by atoms with E-state index >= 15 is 0 Å². The molecule has 0 spiro atoms. The Morgan fingerprint density at radius 2 is 2.04 bits per heavy atom. The lowest BCUT2D eigenvalue weighted by atomic mass is 10.0. The van der Waals surface area contributed by atoms with Crippen LogP contribution >= 0.6 is 15.9 Å². The molecule has 0 saturated carbocycles. The summed E-state index contributed by atoms with van der Waals surface area (Å²) in [6.07, 6.45) is 7.81. The summed E-state index contributed by atoms with van der Waals surface area (Å²) in [6, 6.07) is 7.77. The van der Waals surface area contributed by atoms with Gasteiger partial charge in [-0.1, -0.05) is 73.0 Å². The van der Waals surface area contributed by atoms with Crippen LogP contribution in [0.1, 0.15) is 50.7 Å². The van der Waals surface area contributed by atoms with Crippen molar-refractivity contribution < 1.29 is 9.53 Å². The second-order valence-electron chi connectivity index (χ2n) is 5.44. The number of benzene rings is 1. The van der Waals surface area contributed by atoms with Gasteiger partial charge >= 0.3 is 5.97 Å². The molecule has 0 aromatic heterocycles. The fourth-order valence-corrected chi connectivity index (χ4v) is 2.26. The minimum atomic E-state index is -0.275. The largest absolute Gasteiger partial charge is 0.462 e. The van der Waals surface area contributed by atoms with Crippen LogP contribution in [0.2, 0.25) is 0 Å². The van der Waals surface area contributed by atoms with Crippen LogP contribution < -0.4 is 0 Å². The number of rotatable bonds is 8. The third kappa shape index (κ3) is 8.62. The molecule has 0 aliphatic rings. The lowest BCUT2D eigenvalue weighted by Crippen LogP contribution is -2.12. The Morgan fingerprint density at radius 3 is 2.65 bits per heavy atom. The highest BCUT2D eigenvalue weighted by molar-refractivity contribution is 9.09. The zero-order valence-electron chi connectivity index (χ0n) is 14.0. The molecule has 1 atom stereocenters. The van der Waals surface area contributed by atoms with E-state index in [1.807, 2.05) is 24.3 Å². The molecule has 124 valence electrons. The van der Waals surface area contributed by atoms with E-state index in [0.29, 0.717) is 17.9 Å². The molecule has 0 heterocycles. The van der Waals surface area contributed by atoms with E-state index in [4.69, 9.17) is 4.74 Å². The van der Waals surface area contributed by atoms with Crippen LogP contribution in [0.3, 0.4) is 0 Å². The van der Waals surface area contributed by atoms with E-state index in [-0.39, 0.29) is 5.97 Å². The monoisotopic (exact) mass is 376 g/mol. The van der Waals surface area contributed by atoms with Crippen molar-refractivity contribution in [2.24, 2.45) is 5.92 Å². The molecule has 1 rings (SSSR count). The fourth-order valence-electron chi connectivity index (χ4n) is 2.12. The maximum absolute atomic E-state index is 11.8. The molecule has 1 aromatic carbocycles. The zero-order chi connectivity index (χ0) is 16.9. The standard InChI is InChI=1S/C20H25BrO2/c1-3-5-7-17(4-2)16-23-20(22)14-13-19-11-9-18(10-12-19)8-6-15-21/h9-14,17H,3-5,7,15-16H2,1-2H3/b14-13+. The van der Waals surface area contributed by atoms with Gasteiger partial charge in [0.2, 0.25) is 0 Å². The molecule has 0 aliphatic heterocycles. The van der Waals surface area contributed by atoms with Gasteiger partial charge in [-0.25, -0.2) is 4.79 Å². The van der Waals surface area contributed by atoms with Gasteiger partial charge in [0.1, 0.15) is 0 Å². The summed E-state index contributed by atoms with van der Waals surface area (Å²) in [5.74, 6) is 6.18. The highest BCUT2D eigenvalue weighted by Crippen LogP contribution is 2.13. The van der Waals surface area contributed by atoms with Gasteiger partial charge in [0.05, 0.1) is 11.9 Å². The summed E-state index contributed by atoms with van der Waals surface area (Å²) in [7, 11) is 0. The Balaban J connectivity index is 2.45. The Kier molecular flexibility index (Phi) is 10.2. The predicted molar refractivity (Wildman–Crippen MR) is 100 cm³/mol. The molecule has 0 fully saturated rings. The van der Waals surface area contributed by atoms with Crippen molar-refractivity contribution in [2.45, 2.75) is 39.5 Å². The summed E-state index contributed by atoms with van der Waals surface area (Å²) in [5, 5.41) is 0.664. The quantitative estimate of drug-likeness (QED) is 0.269. The van der Waals surface area contributed by atoms with E-state index in [1.54, 1.807) is 6.08 Å². The second kappa shape index (κ2) is 12.0. The maximum Gasteiger partial charge on any atom is 0.330 e. The number of hydrogen-bond acceptors (Lipinski definition) is 2. The number of carbonyl (C=O) groups is 1. The normalized spacial score (nSPS) is 11.8. The van der Waals surface area contributed by atoms with Crippen LogP contribution in [-0.4, -0.2) is 17.9 Å². The fraction of sp³-hybridized carbons (Fsp3) is 0.450. The van der Waals surface area contributed by atoms with Crippen molar-refractivity contribution in [3.63, 3.8) is 0 Å². The molecule has 0 amide bonds. The summed E-state index contributed by atoms with van der Waals surface area (Å²) < 4.78 is 5.34. The number of alkyl halides is 1. The molecule has 23 heavy (non-hydrogen) atoms. The molecule has 0 saturated heterocycles. The Morgan fingerprint density at radius 1 is 1.30 bits per heavy atom. The molecule has 3 heteroatoms. The van der Waals surface area contributed by atoms with Gasteiger partial charge < -0.3 is 4.74 Å². The second-order valence-corrected chi connectivity index (χ2v) is 6.00. The third-order valence-corrected chi connectivity index (χ3v) is 3.91. The minimum Gasteiger partial charge on any atom is -0.462 e. The molecule has 0 N–H and O–H groups in total. The minimum absolute atomic E-state index is 0.275. The van der Waals surface area contributed by atoms with Gasteiger partial charge in [0, 0.05) is 11.6 Å². The highest BCUT2D eigenvalue weighted by atomic mass is 79.9. The topological polar surface area (TPSA) is 26.3 Å². The van der Waals surface area contributed by atoms with Crippen LogP contribution in [0.4, 0.5) is 0 Å². The first-order chi connectivity index (χ1) is 11.2. The summed E-state index contributed by atoms with van der Waals surface area (Å²) in [4.78, 5) is 11.8. The van der Waals surface area contributed by atoms with Crippen LogP contribution in [-0.2, 0) is 9.53 Å². The smallest absolute Gasteiger partial charge is 0.330 e. The lowest BCUT2D eigenvalue weighted by Gasteiger charge is -2.13. The first-order valence-electron chi connectivity index (χ1n) is 8.19. The Hall–Kier alpha value is -1.53. The van der Waals surface area contributed by atoms with Gasteiger partial charge in [-0.2, -0.15) is 0 Å². The first kappa shape index (κ1) is 19.5. The molecule has 0 bridgehead atoms.